The molecule has 2 N–H and O–H groups in total. The standard InChI is InChI=1S/C7H6N4O2/c1-4-7(11(12)13)6(9)2-5(3-8)10-4/h2H,1H3,(H2,9,10). The van der Waals surface area contributed by atoms with Crippen molar-refractivity contribution in [3.63, 3.8) is 0 Å². The Bertz CT molecular complexity index is 384. The molecular weight excluding hydrogens is 172 g/mol. The third kappa shape index (κ3) is 1.54. The number of pyridine rings is 1. The second-order valence-electron chi connectivity index (χ2n) is 2.40. The molecule has 0 radical (unpaired) electrons. The maximum Gasteiger partial charge on any atom is 0.313 e. The van der Waals surface area contributed by atoms with Crippen molar-refractivity contribution in [3.8, 4) is 6.07 Å². The fourth-order valence-corrected chi connectivity index (χ4v) is 0.985. The van der Waals surface area contributed by atoms with Crippen molar-refractivity contribution in [1.82, 2.24) is 4.98 Å². The molecule has 1 rings (SSSR count). The molecule has 0 fully saturated rings. The van der Waals surface area contributed by atoms with E-state index in [0.717, 1.165) is 0 Å². The highest BCUT2D eigenvalue weighted by molar-refractivity contribution is 5.61. The topological polar surface area (TPSA) is 106 Å². The van der Waals surface area contributed by atoms with E-state index in [1.54, 1.807) is 6.07 Å². The number of nitrogens with zero attached hydrogens (tertiary/aromatic N) is 3. The van der Waals surface area contributed by atoms with Gasteiger partial charge in [0.2, 0.25) is 0 Å². The number of nitrogen functional groups attached to an aromatic ring is 1. The lowest BCUT2D eigenvalue weighted by atomic mass is 10.2. The maximum absolute atomic E-state index is 10.4. The fraction of sp³-hybridized carbons (Fsp3) is 0.143. The van der Waals surface area contributed by atoms with Crippen molar-refractivity contribution < 1.29 is 4.92 Å². The summed E-state index contributed by atoms with van der Waals surface area (Å²) in [6, 6.07) is 2.95. The third-order valence-corrected chi connectivity index (χ3v) is 1.49. The van der Waals surface area contributed by atoms with Crippen LogP contribution >= 0.6 is 0 Å². The van der Waals surface area contributed by atoms with E-state index in [1.165, 1.54) is 13.0 Å². The molecule has 6 heteroatoms. The summed E-state index contributed by atoms with van der Waals surface area (Å²) in [6.45, 7) is 1.44. The molecule has 0 saturated heterocycles. The Morgan fingerprint density at radius 2 is 2.38 bits per heavy atom. The minimum atomic E-state index is -0.612. The lowest BCUT2D eigenvalue weighted by molar-refractivity contribution is -0.384. The first-order valence-corrected chi connectivity index (χ1v) is 3.38. The average molecular weight is 178 g/mol. The lowest BCUT2D eigenvalue weighted by Gasteiger charge is -1.99. The Morgan fingerprint density at radius 3 is 2.77 bits per heavy atom. The van der Waals surface area contributed by atoms with Crippen LogP contribution in [-0.4, -0.2) is 9.91 Å². The van der Waals surface area contributed by atoms with Gasteiger partial charge in [-0.3, -0.25) is 10.1 Å². The van der Waals surface area contributed by atoms with E-state index in [0.29, 0.717) is 0 Å². The Kier molecular flexibility index (Phi) is 2.11. The molecule has 0 bridgehead atoms. The van der Waals surface area contributed by atoms with E-state index in [9.17, 15) is 10.1 Å². The highest BCUT2D eigenvalue weighted by atomic mass is 16.6. The SMILES string of the molecule is Cc1nc(C#N)cc(N)c1[N+](=O)[O-]. The maximum atomic E-state index is 10.4. The van der Waals surface area contributed by atoms with Gasteiger partial charge in [-0.2, -0.15) is 5.26 Å². The van der Waals surface area contributed by atoms with Crippen molar-refractivity contribution in [3.05, 3.63) is 27.6 Å². The molecule has 6 nitrogen and oxygen atoms in total. The van der Waals surface area contributed by atoms with Crippen molar-refractivity contribution in [2.75, 3.05) is 5.73 Å². The Hall–Kier alpha value is -2.16. The molecule has 1 aromatic rings. The van der Waals surface area contributed by atoms with Gasteiger partial charge in [-0.05, 0) is 6.92 Å². The van der Waals surface area contributed by atoms with E-state index < -0.39 is 4.92 Å². The first-order chi connectivity index (χ1) is 6.06. The number of hydrogen-bond donors (Lipinski definition) is 1. The van der Waals surface area contributed by atoms with E-state index >= 15 is 0 Å². The zero-order valence-corrected chi connectivity index (χ0v) is 6.81. The summed E-state index contributed by atoms with van der Waals surface area (Å²) in [4.78, 5) is 13.5. The summed E-state index contributed by atoms with van der Waals surface area (Å²) < 4.78 is 0. The summed E-state index contributed by atoms with van der Waals surface area (Å²) in [5.41, 5.74) is 5.33. The molecule has 0 aliphatic heterocycles. The zero-order chi connectivity index (χ0) is 10.0. The number of anilines is 1. The fourth-order valence-electron chi connectivity index (χ4n) is 0.985. The van der Waals surface area contributed by atoms with Crippen molar-refractivity contribution in [1.29, 1.82) is 5.26 Å². The largest absolute Gasteiger partial charge is 0.393 e. The first-order valence-electron chi connectivity index (χ1n) is 3.38. The highest BCUT2D eigenvalue weighted by Gasteiger charge is 2.17. The van der Waals surface area contributed by atoms with Crippen LogP contribution in [-0.2, 0) is 0 Å². The van der Waals surface area contributed by atoms with Crippen molar-refractivity contribution in [2.45, 2.75) is 6.92 Å². The molecular formula is C7H6N4O2. The Labute approximate surface area is 73.8 Å². The van der Waals surface area contributed by atoms with Crippen molar-refractivity contribution >= 4 is 11.4 Å². The molecule has 13 heavy (non-hydrogen) atoms. The number of nitriles is 1. The van der Waals surface area contributed by atoms with E-state index in [1.807, 2.05) is 0 Å². The predicted molar refractivity (Wildman–Crippen MR) is 44.8 cm³/mol. The molecule has 1 heterocycles. The van der Waals surface area contributed by atoms with E-state index in [2.05, 4.69) is 4.98 Å². The minimum absolute atomic E-state index is 0.0333. The number of aromatic nitrogens is 1. The normalized spacial score (nSPS) is 9.23. The summed E-state index contributed by atoms with van der Waals surface area (Å²) in [5.74, 6) is 0. The molecule has 0 spiro atoms. The smallest absolute Gasteiger partial charge is 0.313 e. The lowest BCUT2D eigenvalue weighted by Crippen LogP contribution is -2.01. The van der Waals surface area contributed by atoms with Gasteiger partial charge in [-0.15, -0.1) is 0 Å². The molecule has 0 aliphatic rings. The van der Waals surface area contributed by atoms with Gasteiger partial charge in [-0.25, -0.2) is 4.98 Å². The highest BCUT2D eigenvalue weighted by Crippen LogP contribution is 2.24. The molecule has 0 amide bonds. The number of rotatable bonds is 1. The second kappa shape index (κ2) is 3.06. The molecule has 0 atom stereocenters. The average Bonchev–Trinajstić information content (AvgIpc) is 2.02. The van der Waals surface area contributed by atoms with Crippen LogP contribution in [0.25, 0.3) is 0 Å². The number of nitro groups is 1. The third-order valence-electron chi connectivity index (χ3n) is 1.49. The summed E-state index contributed by atoms with van der Waals surface area (Å²) >= 11 is 0. The number of nitrogens with two attached hydrogens (primary N) is 1. The van der Waals surface area contributed by atoms with Crippen LogP contribution in [0.3, 0.4) is 0 Å². The van der Waals surface area contributed by atoms with Gasteiger partial charge in [0.15, 0.2) is 0 Å². The van der Waals surface area contributed by atoms with E-state index in [-0.39, 0.29) is 22.8 Å². The Morgan fingerprint density at radius 1 is 1.77 bits per heavy atom. The molecule has 66 valence electrons. The van der Waals surface area contributed by atoms with Gasteiger partial charge in [-0.1, -0.05) is 0 Å². The molecule has 1 aromatic heterocycles. The van der Waals surface area contributed by atoms with Crippen LogP contribution in [0.15, 0.2) is 6.07 Å². The van der Waals surface area contributed by atoms with Crippen LogP contribution in [0, 0.1) is 28.4 Å². The number of hydrogen-bond acceptors (Lipinski definition) is 5. The van der Waals surface area contributed by atoms with Gasteiger partial charge in [0, 0.05) is 6.07 Å². The summed E-state index contributed by atoms with van der Waals surface area (Å²) in [6.07, 6.45) is 0. The van der Waals surface area contributed by atoms with Crippen LogP contribution < -0.4 is 5.73 Å². The van der Waals surface area contributed by atoms with Gasteiger partial charge < -0.3 is 5.73 Å². The second-order valence-corrected chi connectivity index (χ2v) is 2.40. The predicted octanol–water partition coefficient (Wildman–Crippen LogP) is 0.752. The minimum Gasteiger partial charge on any atom is -0.393 e. The molecule has 0 saturated carbocycles. The molecule has 0 aliphatic carbocycles. The first kappa shape index (κ1) is 8.93. The Balaban J connectivity index is 3.42. The summed E-state index contributed by atoms with van der Waals surface area (Å²) in [7, 11) is 0. The van der Waals surface area contributed by atoms with Gasteiger partial charge in [0.05, 0.1) is 4.92 Å². The van der Waals surface area contributed by atoms with Crippen LogP contribution in [0.5, 0.6) is 0 Å². The van der Waals surface area contributed by atoms with Gasteiger partial charge in [0.25, 0.3) is 0 Å². The number of aryl methyl sites for hydroxylation is 1. The quantitative estimate of drug-likeness (QED) is 0.504. The van der Waals surface area contributed by atoms with E-state index in [4.69, 9.17) is 11.0 Å². The van der Waals surface area contributed by atoms with Crippen LogP contribution in [0.2, 0.25) is 0 Å². The molecule has 0 unspecified atom stereocenters. The zero-order valence-electron chi connectivity index (χ0n) is 6.81. The van der Waals surface area contributed by atoms with Gasteiger partial charge in [0.1, 0.15) is 23.1 Å². The van der Waals surface area contributed by atoms with Gasteiger partial charge >= 0.3 is 5.69 Å². The van der Waals surface area contributed by atoms with Crippen LogP contribution in [0.4, 0.5) is 11.4 Å². The van der Waals surface area contributed by atoms with Crippen molar-refractivity contribution in [2.24, 2.45) is 0 Å². The molecule has 0 aromatic carbocycles. The monoisotopic (exact) mass is 178 g/mol. The van der Waals surface area contributed by atoms with Crippen LogP contribution in [0.1, 0.15) is 11.4 Å². The summed E-state index contributed by atoms with van der Waals surface area (Å²) in [5, 5.41) is 18.9.